The highest BCUT2D eigenvalue weighted by Crippen LogP contribution is 2.28. The number of anilines is 1. The zero-order valence-corrected chi connectivity index (χ0v) is 13.9. The number of ether oxygens (including phenoxy) is 1. The van der Waals surface area contributed by atoms with Gasteiger partial charge in [0.15, 0.2) is 0 Å². The summed E-state index contributed by atoms with van der Waals surface area (Å²) in [7, 11) is 1.74. The summed E-state index contributed by atoms with van der Waals surface area (Å²) in [6.45, 7) is 7.08. The first-order valence-electron chi connectivity index (χ1n) is 7.27. The van der Waals surface area contributed by atoms with Crippen LogP contribution in [0.1, 0.15) is 18.4 Å². The number of nitrogens with one attached hydrogen (secondary N) is 1. The Morgan fingerprint density at radius 2 is 2.20 bits per heavy atom. The predicted molar refractivity (Wildman–Crippen MR) is 86.4 cm³/mol. The summed E-state index contributed by atoms with van der Waals surface area (Å²) in [5.74, 6) is 1.86. The van der Waals surface area contributed by atoms with E-state index in [1.165, 1.54) is 18.4 Å². The maximum Gasteiger partial charge on any atom is 0.142 e. The number of piperidine rings is 1. The molecule has 0 atom stereocenters. The van der Waals surface area contributed by atoms with Crippen LogP contribution in [0, 0.1) is 12.8 Å². The van der Waals surface area contributed by atoms with Crippen LogP contribution in [-0.2, 0) is 4.74 Å². The minimum absolute atomic E-state index is 0.771. The second-order valence-corrected chi connectivity index (χ2v) is 6.30. The fourth-order valence-electron chi connectivity index (χ4n) is 2.59. The molecule has 0 saturated carbocycles. The first kappa shape index (κ1) is 15.7. The summed E-state index contributed by atoms with van der Waals surface area (Å²) in [5.41, 5.74) is 1.19. The lowest BCUT2D eigenvalue weighted by atomic mass is 9.97. The van der Waals surface area contributed by atoms with Gasteiger partial charge in [0.25, 0.3) is 0 Å². The van der Waals surface area contributed by atoms with E-state index in [1.807, 2.05) is 6.20 Å². The third-order valence-electron chi connectivity index (χ3n) is 3.79. The SMILES string of the molecule is COCCNCC1CCN(c2ncc(C)cc2Br)CC1. The molecule has 1 N–H and O–H groups in total. The molecule has 1 aromatic rings. The van der Waals surface area contributed by atoms with Crippen LogP contribution in [0.4, 0.5) is 5.82 Å². The molecule has 0 amide bonds. The van der Waals surface area contributed by atoms with Gasteiger partial charge in [0.2, 0.25) is 0 Å². The van der Waals surface area contributed by atoms with Crippen LogP contribution in [0.15, 0.2) is 16.7 Å². The van der Waals surface area contributed by atoms with Crippen LogP contribution >= 0.6 is 15.9 Å². The number of aryl methyl sites for hydroxylation is 1. The molecule has 112 valence electrons. The Balaban J connectivity index is 1.79. The summed E-state index contributed by atoms with van der Waals surface area (Å²) in [4.78, 5) is 6.94. The summed E-state index contributed by atoms with van der Waals surface area (Å²) in [6.07, 6.45) is 4.39. The van der Waals surface area contributed by atoms with E-state index < -0.39 is 0 Å². The van der Waals surface area contributed by atoms with Crippen LogP contribution in [0.25, 0.3) is 0 Å². The van der Waals surface area contributed by atoms with Gasteiger partial charge in [0.05, 0.1) is 11.1 Å². The summed E-state index contributed by atoms with van der Waals surface area (Å²) in [6, 6.07) is 2.14. The summed E-state index contributed by atoms with van der Waals surface area (Å²) >= 11 is 3.63. The van der Waals surface area contributed by atoms with Gasteiger partial charge in [-0.3, -0.25) is 0 Å². The predicted octanol–water partition coefficient (Wildman–Crippen LogP) is 2.60. The Labute approximate surface area is 130 Å². The number of nitrogens with zero attached hydrogens (tertiary/aromatic N) is 2. The van der Waals surface area contributed by atoms with Gasteiger partial charge >= 0.3 is 0 Å². The molecule has 0 aromatic carbocycles. The van der Waals surface area contributed by atoms with Crippen LogP contribution in [0.3, 0.4) is 0 Å². The minimum Gasteiger partial charge on any atom is -0.383 e. The zero-order valence-electron chi connectivity index (χ0n) is 12.4. The number of aromatic nitrogens is 1. The van der Waals surface area contributed by atoms with E-state index in [0.717, 1.165) is 49.0 Å². The molecule has 1 saturated heterocycles. The number of hydrogen-bond donors (Lipinski definition) is 1. The molecule has 1 fully saturated rings. The van der Waals surface area contributed by atoms with Crippen molar-refractivity contribution >= 4 is 21.7 Å². The van der Waals surface area contributed by atoms with Gasteiger partial charge in [0.1, 0.15) is 5.82 Å². The van der Waals surface area contributed by atoms with Crippen LogP contribution in [-0.4, -0.2) is 44.9 Å². The molecule has 0 unspecified atom stereocenters. The maximum atomic E-state index is 5.04. The van der Waals surface area contributed by atoms with Crippen molar-refractivity contribution in [1.29, 1.82) is 0 Å². The van der Waals surface area contributed by atoms with Gasteiger partial charge in [-0.05, 0) is 59.8 Å². The van der Waals surface area contributed by atoms with Gasteiger partial charge in [-0.15, -0.1) is 0 Å². The monoisotopic (exact) mass is 341 g/mol. The van der Waals surface area contributed by atoms with Crippen molar-refractivity contribution in [1.82, 2.24) is 10.3 Å². The molecule has 20 heavy (non-hydrogen) atoms. The Morgan fingerprint density at radius 1 is 1.45 bits per heavy atom. The highest BCUT2D eigenvalue weighted by molar-refractivity contribution is 9.10. The number of halogens is 1. The van der Waals surface area contributed by atoms with E-state index in [4.69, 9.17) is 4.74 Å². The summed E-state index contributed by atoms with van der Waals surface area (Å²) < 4.78 is 6.15. The van der Waals surface area contributed by atoms with E-state index in [-0.39, 0.29) is 0 Å². The normalized spacial score (nSPS) is 16.6. The Kier molecular flexibility index (Phi) is 6.26. The quantitative estimate of drug-likeness (QED) is 0.807. The van der Waals surface area contributed by atoms with E-state index >= 15 is 0 Å². The van der Waals surface area contributed by atoms with Crippen molar-refractivity contribution in [2.24, 2.45) is 5.92 Å². The third-order valence-corrected chi connectivity index (χ3v) is 4.37. The standard InChI is InChI=1S/C15H24BrN3O/c1-12-9-14(16)15(18-10-12)19-6-3-13(4-7-19)11-17-5-8-20-2/h9-10,13,17H,3-8,11H2,1-2H3. The molecule has 5 heteroatoms. The lowest BCUT2D eigenvalue weighted by molar-refractivity contribution is 0.196. The highest BCUT2D eigenvalue weighted by atomic mass is 79.9. The molecular weight excluding hydrogens is 318 g/mol. The Hall–Kier alpha value is -0.650. The van der Waals surface area contributed by atoms with Crippen LogP contribution in [0.2, 0.25) is 0 Å². The van der Waals surface area contributed by atoms with Crippen molar-refractivity contribution in [2.45, 2.75) is 19.8 Å². The van der Waals surface area contributed by atoms with E-state index in [9.17, 15) is 0 Å². The molecule has 1 aliphatic heterocycles. The second-order valence-electron chi connectivity index (χ2n) is 5.45. The van der Waals surface area contributed by atoms with Crippen molar-refractivity contribution in [3.63, 3.8) is 0 Å². The largest absolute Gasteiger partial charge is 0.383 e. The van der Waals surface area contributed by atoms with Gasteiger partial charge in [0, 0.05) is 32.9 Å². The lowest BCUT2D eigenvalue weighted by Gasteiger charge is -2.33. The fourth-order valence-corrected chi connectivity index (χ4v) is 3.30. The van der Waals surface area contributed by atoms with E-state index in [1.54, 1.807) is 7.11 Å². The molecule has 2 heterocycles. The Morgan fingerprint density at radius 3 is 2.85 bits per heavy atom. The first-order valence-corrected chi connectivity index (χ1v) is 8.06. The molecule has 0 aliphatic carbocycles. The van der Waals surface area contributed by atoms with Crippen LogP contribution < -0.4 is 10.2 Å². The fraction of sp³-hybridized carbons (Fsp3) is 0.667. The van der Waals surface area contributed by atoms with Gasteiger partial charge in [-0.2, -0.15) is 0 Å². The van der Waals surface area contributed by atoms with E-state index in [2.05, 4.69) is 44.1 Å². The average molecular weight is 342 g/mol. The number of pyridine rings is 1. The second kappa shape index (κ2) is 7.96. The first-order chi connectivity index (χ1) is 9.70. The zero-order chi connectivity index (χ0) is 14.4. The molecule has 0 bridgehead atoms. The van der Waals surface area contributed by atoms with Gasteiger partial charge in [-0.25, -0.2) is 4.98 Å². The maximum absolute atomic E-state index is 5.04. The van der Waals surface area contributed by atoms with Crippen molar-refractivity contribution < 1.29 is 4.74 Å². The number of rotatable bonds is 6. The Bertz CT molecular complexity index is 420. The molecule has 1 aliphatic rings. The third kappa shape index (κ3) is 4.43. The summed E-state index contributed by atoms with van der Waals surface area (Å²) in [5, 5.41) is 3.46. The average Bonchev–Trinajstić information content (AvgIpc) is 2.45. The molecule has 4 nitrogen and oxygen atoms in total. The smallest absolute Gasteiger partial charge is 0.142 e. The van der Waals surface area contributed by atoms with Crippen molar-refractivity contribution in [3.05, 3.63) is 22.3 Å². The molecule has 1 aromatic heterocycles. The van der Waals surface area contributed by atoms with Crippen molar-refractivity contribution in [2.75, 3.05) is 44.8 Å². The molecule has 0 radical (unpaired) electrons. The number of methoxy groups -OCH3 is 1. The van der Waals surface area contributed by atoms with Gasteiger partial charge < -0.3 is 15.0 Å². The highest BCUT2D eigenvalue weighted by Gasteiger charge is 2.21. The molecule has 0 spiro atoms. The number of hydrogen-bond acceptors (Lipinski definition) is 4. The van der Waals surface area contributed by atoms with Crippen LogP contribution in [0.5, 0.6) is 0 Å². The molecule has 2 rings (SSSR count). The minimum atomic E-state index is 0.771. The van der Waals surface area contributed by atoms with Crippen molar-refractivity contribution in [3.8, 4) is 0 Å². The lowest BCUT2D eigenvalue weighted by Crippen LogP contribution is -2.38. The molecular formula is C15H24BrN3O. The van der Waals surface area contributed by atoms with E-state index in [0.29, 0.717) is 0 Å². The van der Waals surface area contributed by atoms with Gasteiger partial charge in [-0.1, -0.05) is 0 Å². The topological polar surface area (TPSA) is 37.4 Å².